The first-order valence-corrected chi connectivity index (χ1v) is 8.81. The largest absolute Gasteiger partial charge is 0.335 e. The molecule has 3 aromatic heterocycles. The summed E-state index contributed by atoms with van der Waals surface area (Å²) in [5, 5.41) is 11.1. The summed E-state index contributed by atoms with van der Waals surface area (Å²) in [4.78, 5) is 19.2. The Hall–Kier alpha value is -2.48. The van der Waals surface area contributed by atoms with E-state index < -0.39 is 0 Å². The number of likely N-dealkylation sites (tertiary alicyclic amines) is 1. The number of carbonyl (C=O) groups is 1. The molecular weight excluding hydrogens is 324 g/mol. The van der Waals surface area contributed by atoms with Crippen LogP contribution in [0.25, 0.3) is 10.6 Å². The van der Waals surface area contributed by atoms with Crippen LogP contribution < -0.4 is 0 Å². The Balaban J connectivity index is 1.50. The highest BCUT2D eigenvalue weighted by atomic mass is 32.1. The molecule has 0 spiro atoms. The molecule has 1 amide bonds. The standard InChI is InChI=1S/C16H18N6OS/c1-20-9-12(8-18-20)15-19-14(11-24-15)16(23)21-6-2-4-13(10-21)22-7-3-5-17-22/h3,5,7-9,11,13H,2,4,6,10H2,1H3/t13-/m1/s1. The van der Waals surface area contributed by atoms with Gasteiger partial charge in [-0.1, -0.05) is 0 Å². The summed E-state index contributed by atoms with van der Waals surface area (Å²) in [6, 6.07) is 2.16. The van der Waals surface area contributed by atoms with Gasteiger partial charge in [0, 0.05) is 49.7 Å². The van der Waals surface area contributed by atoms with E-state index in [-0.39, 0.29) is 11.9 Å². The molecule has 124 valence electrons. The number of carbonyl (C=O) groups excluding carboxylic acids is 1. The van der Waals surface area contributed by atoms with Crippen LogP contribution in [0.15, 0.2) is 36.2 Å². The number of aromatic nitrogens is 5. The maximum Gasteiger partial charge on any atom is 0.273 e. The normalized spacial score (nSPS) is 18.0. The third-order valence-electron chi connectivity index (χ3n) is 4.26. The van der Waals surface area contributed by atoms with Gasteiger partial charge in [0.2, 0.25) is 0 Å². The van der Waals surface area contributed by atoms with Crippen molar-refractivity contribution >= 4 is 17.2 Å². The van der Waals surface area contributed by atoms with E-state index in [9.17, 15) is 4.79 Å². The SMILES string of the molecule is Cn1cc(-c2nc(C(=O)N3CCC[C@@H](n4cccn4)C3)cs2)cn1. The maximum atomic E-state index is 12.8. The fourth-order valence-electron chi connectivity index (χ4n) is 3.05. The van der Waals surface area contributed by atoms with Gasteiger partial charge in [-0.15, -0.1) is 11.3 Å². The number of hydrogen-bond donors (Lipinski definition) is 0. The van der Waals surface area contributed by atoms with Crippen LogP contribution in [0.1, 0.15) is 29.4 Å². The average molecular weight is 342 g/mol. The van der Waals surface area contributed by atoms with E-state index in [1.54, 1.807) is 17.1 Å². The van der Waals surface area contributed by atoms with Gasteiger partial charge in [-0.3, -0.25) is 14.2 Å². The van der Waals surface area contributed by atoms with Crippen molar-refractivity contribution in [3.05, 3.63) is 41.9 Å². The van der Waals surface area contributed by atoms with E-state index in [2.05, 4.69) is 15.2 Å². The third-order valence-corrected chi connectivity index (χ3v) is 5.15. The van der Waals surface area contributed by atoms with Crippen LogP contribution in [0.5, 0.6) is 0 Å². The van der Waals surface area contributed by atoms with E-state index in [1.165, 1.54) is 11.3 Å². The van der Waals surface area contributed by atoms with Crippen molar-refractivity contribution in [1.82, 2.24) is 29.4 Å². The molecule has 0 aliphatic carbocycles. The van der Waals surface area contributed by atoms with E-state index in [0.717, 1.165) is 30.0 Å². The number of aryl methyl sites for hydroxylation is 1. The topological polar surface area (TPSA) is 68.8 Å². The van der Waals surface area contributed by atoms with E-state index >= 15 is 0 Å². The van der Waals surface area contributed by atoms with Gasteiger partial charge >= 0.3 is 0 Å². The van der Waals surface area contributed by atoms with Crippen LogP contribution in [-0.2, 0) is 7.05 Å². The lowest BCUT2D eigenvalue weighted by atomic mass is 10.1. The summed E-state index contributed by atoms with van der Waals surface area (Å²) in [6.45, 7) is 1.45. The lowest BCUT2D eigenvalue weighted by molar-refractivity contribution is 0.0668. The Morgan fingerprint density at radius 2 is 2.29 bits per heavy atom. The summed E-state index contributed by atoms with van der Waals surface area (Å²) in [5.74, 6) is -0.00162. The van der Waals surface area contributed by atoms with Gasteiger partial charge in [-0.25, -0.2) is 4.98 Å². The number of thiazole rings is 1. The van der Waals surface area contributed by atoms with E-state index in [0.29, 0.717) is 12.2 Å². The smallest absolute Gasteiger partial charge is 0.273 e. The van der Waals surface area contributed by atoms with Gasteiger partial charge in [0.1, 0.15) is 10.7 Å². The van der Waals surface area contributed by atoms with Crippen LogP contribution in [0.2, 0.25) is 0 Å². The average Bonchev–Trinajstić information content (AvgIpc) is 3.35. The predicted molar refractivity (Wildman–Crippen MR) is 90.7 cm³/mol. The molecule has 1 aliphatic heterocycles. The van der Waals surface area contributed by atoms with Crippen molar-refractivity contribution in [1.29, 1.82) is 0 Å². The Labute approximate surface area is 143 Å². The first kappa shape index (κ1) is 15.1. The Morgan fingerprint density at radius 1 is 1.38 bits per heavy atom. The number of hydrogen-bond acceptors (Lipinski definition) is 5. The van der Waals surface area contributed by atoms with Crippen LogP contribution in [0.4, 0.5) is 0 Å². The van der Waals surface area contributed by atoms with Crippen molar-refractivity contribution in [2.75, 3.05) is 13.1 Å². The molecule has 1 saturated heterocycles. The summed E-state index contributed by atoms with van der Waals surface area (Å²) >= 11 is 1.48. The fourth-order valence-corrected chi connectivity index (χ4v) is 3.82. The van der Waals surface area contributed by atoms with E-state index in [4.69, 9.17) is 0 Å². The lowest BCUT2D eigenvalue weighted by Gasteiger charge is -2.32. The zero-order valence-corrected chi connectivity index (χ0v) is 14.2. The number of rotatable bonds is 3. The Bertz CT molecular complexity index is 837. The number of amides is 1. The molecule has 4 heterocycles. The van der Waals surface area contributed by atoms with E-state index in [1.807, 2.05) is 40.5 Å². The predicted octanol–water partition coefficient (Wildman–Crippen LogP) is 2.22. The van der Waals surface area contributed by atoms with Crippen LogP contribution >= 0.6 is 11.3 Å². The molecule has 0 aromatic carbocycles. The first-order chi connectivity index (χ1) is 11.7. The van der Waals surface area contributed by atoms with Crippen molar-refractivity contribution in [3.8, 4) is 10.6 Å². The molecule has 8 heteroatoms. The van der Waals surface area contributed by atoms with Gasteiger partial charge < -0.3 is 4.90 Å². The number of nitrogens with zero attached hydrogens (tertiary/aromatic N) is 6. The molecule has 0 bridgehead atoms. The highest BCUT2D eigenvalue weighted by molar-refractivity contribution is 7.13. The molecule has 0 saturated carbocycles. The molecule has 0 N–H and O–H groups in total. The molecule has 0 radical (unpaired) electrons. The lowest BCUT2D eigenvalue weighted by Crippen LogP contribution is -2.41. The fraction of sp³-hybridized carbons (Fsp3) is 0.375. The Morgan fingerprint density at radius 3 is 3.04 bits per heavy atom. The third kappa shape index (κ3) is 2.84. The second-order valence-electron chi connectivity index (χ2n) is 5.97. The highest BCUT2D eigenvalue weighted by Crippen LogP contribution is 2.26. The molecule has 1 fully saturated rings. The number of piperidine rings is 1. The minimum atomic E-state index is -0.00162. The summed E-state index contributed by atoms with van der Waals surface area (Å²) in [5.41, 5.74) is 1.45. The highest BCUT2D eigenvalue weighted by Gasteiger charge is 2.27. The van der Waals surface area contributed by atoms with Crippen LogP contribution in [0.3, 0.4) is 0 Å². The minimum absolute atomic E-state index is 0.00162. The van der Waals surface area contributed by atoms with Crippen molar-refractivity contribution < 1.29 is 4.79 Å². The molecule has 1 aliphatic rings. The van der Waals surface area contributed by atoms with Gasteiger partial charge in [0.25, 0.3) is 5.91 Å². The maximum absolute atomic E-state index is 12.8. The summed E-state index contributed by atoms with van der Waals surface area (Å²) in [6.07, 6.45) is 9.44. The Kier molecular flexibility index (Phi) is 3.89. The molecule has 1 atom stereocenters. The summed E-state index contributed by atoms with van der Waals surface area (Å²) < 4.78 is 3.68. The molecule has 3 aromatic rings. The molecular formula is C16H18N6OS. The second kappa shape index (κ2) is 6.20. The van der Waals surface area contributed by atoms with Gasteiger partial charge in [0.05, 0.1) is 12.2 Å². The van der Waals surface area contributed by atoms with Crippen molar-refractivity contribution in [2.45, 2.75) is 18.9 Å². The van der Waals surface area contributed by atoms with Crippen molar-refractivity contribution in [2.24, 2.45) is 7.05 Å². The summed E-state index contributed by atoms with van der Waals surface area (Å²) in [7, 11) is 1.87. The molecule has 24 heavy (non-hydrogen) atoms. The second-order valence-corrected chi connectivity index (χ2v) is 6.83. The van der Waals surface area contributed by atoms with Crippen molar-refractivity contribution in [3.63, 3.8) is 0 Å². The molecule has 7 nitrogen and oxygen atoms in total. The van der Waals surface area contributed by atoms with Crippen LogP contribution in [0, 0.1) is 0 Å². The van der Waals surface area contributed by atoms with Crippen LogP contribution in [-0.4, -0.2) is 48.4 Å². The van der Waals surface area contributed by atoms with Gasteiger partial charge in [-0.2, -0.15) is 10.2 Å². The van der Waals surface area contributed by atoms with Gasteiger partial charge in [-0.05, 0) is 18.9 Å². The first-order valence-electron chi connectivity index (χ1n) is 7.93. The minimum Gasteiger partial charge on any atom is -0.335 e. The molecule has 4 rings (SSSR count). The zero-order valence-electron chi connectivity index (χ0n) is 13.4. The quantitative estimate of drug-likeness (QED) is 0.732. The zero-order chi connectivity index (χ0) is 16.5. The monoisotopic (exact) mass is 342 g/mol. The van der Waals surface area contributed by atoms with Gasteiger partial charge in [0.15, 0.2) is 0 Å². The molecule has 0 unspecified atom stereocenters.